The Hall–Kier alpha value is -1.09. The number of aryl methyl sites for hydroxylation is 1. The monoisotopic (exact) mass is 282 g/mol. The third-order valence-electron chi connectivity index (χ3n) is 3.80. The maximum atomic E-state index is 5.75. The SMILES string of the molecule is Cn1nnc(C2CN(CCN3CCOCC3)CCO2)n1. The molecule has 1 atom stereocenters. The smallest absolute Gasteiger partial charge is 0.204 e. The van der Waals surface area contributed by atoms with Crippen molar-refractivity contribution in [3.63, 3.8) is 0 Å². The molecule has 0 aliphatic carbocycles. The van der Waals surface area contributed by atoms with Crippen molar-refractivity contribution in [1.82, 2.24) is 30.0 Å². The van der Waals surface area contributed by atoms with Crippen molar-refractivity contribution in [2.24, 2.45) is 7.05 Å². The molecule has 0 spiro atoms. The minimum Gasteiger partial charge on any atom is -0.379 e. The number of morpholine rings is 2. The Morgan fingerprint density at radius 3 is 2.60 bits per heavy atom. The summed E-state index contributed by atoms with van der Waals surface area (Å²) in [7, 11) is 1.77. The predicted octanol–water partition coefficient (Wildman–Crippen LogP) is -1.08. The number of hydrogen-bond donors (Lipinski definition) is 0. The molecule has 0 amide bonds. The Balaban J connectivity index is 1.47. The molecule has 3 heterocycles. The van der Waals surface area contributed by atoms with E-state index in [0.717, 1.165) is 59.1 Å². The molecule has 0 N–H and O–H groups in total. The van der Waals surface area contributed by atoms with Crippen molar-refractivity contribution in [2.75, 3.05) is 59.1 Å². The van der Waals surface area contributed by atoms with Crippen LogP contribution in [0.5, 0.6) is 0 Å². The summed E-state index contributed by atoms with van der Waals surface area (Å²) in [6, 6.07) is 0. The first kappa shape index (κ1) is 13.9. The first-order chi connectivity index (χ1) is 9.81. The van der Waals surface area contributed by atoms with Gasteiger partial charge in [-0.2, -0.15) is 4.80 Å². The van der Waals surface area contributed by atoms with E-state index < -0.39 is 0 Å². The fourth-order valence-electron chi connectivity index (χ4n) is 2.60. The van der Waals surface area contributed by atoms with Crippen LogP contribution < -0.4 is 0 Å². The maximum absolute atomic E-state index is 5.75. The molecule has 1 aromatic rings. The first-order valence-electron chi connectivity index (χ1n) is 7.19. The number of ether oxygens (including phenoxy) is 2. The van der Waals surface area contributed by atoms with Gasteiger partial charge in [0.15, 0.2) is 0 Å². The van der Waals surface area contributed by atoms with Crippen LogP contribution in [0.15, 0.2) is 0 Å². The maximum Gasteiger partial charge on any atom is 0.204 e. The summed E-state index contributed by atoms with van der Waals surface area (Å²) in [5.41, 5.74) is 0. The van der Waals surface area contributed by atoms with Gasteiger partial charge in [-0.15, -0.1) is 10.2 Å². The van der Waals surface area contributed by atoms with Gasteiger partial charge in [-0.3, -0.25) is 9.80 Å². The minimum absolute atomic E-state index is 0.0536. The molecule has 20 heavy (non-hydrogen) atoms. The highest BCUT2D eigenvalue weighted by molar-refractivity contribution is 4.89. The van der Waals surface area contributed by atoms with E-state index in [1.165, 1.54) is 4.80 Å². The molecule has 112 valence electrons. The molecule has 3 rings (SSSR count). The van der Waals surface area contributed by atoms with E-state index in [4.69, 9.17) is 9.47 Å². The predicted molar refractivity (Wildman–Crippen MR) is 71.2 cm³/mol. The second-order valence-corrected chi connectivity index (χ2v) is 5.25. The lowest BCUT2D eigenvalue weighted by atomic mass is 10.2. The Morgan fingerprint density at radius 2 is 1.85 bits per heavy atom. The molecule has 2 aliphatic heterocycles. The average molecular weight is 282 g/mol. The molecule has 0 saturated carbocycles. The van der Waals surface area contributed by atoms with Gasteiger partial charge in [0.2, 0.25) is 5.82 Å². The van der Waals surface area contributed by atoms with Crippen LogP contribution in [0.1, 0.15) is 11.9 Å². The van der Waals surface area contributed by atoms with E-state index in [1.54, 1.807) is 7.05 Å². The minimum atomic E-state index is -0.0536. The Kier molecular flexibility index (Phi) is 4.56. The molecule has 8 heteroatoms. The second-order valence-electron chi connectivity index (χ2n) is 5.25. The second kappa shape index (κ2) is 6.57. The van der Waals surface area contributed by atoms with Crippen molar-refractivity contribution in [3.8, 4) is 0 Å². The summed E-state index contributed by atoms with van der Waals surface area (Å²) in [4.78, 5) is 6.35. The Bertz CT molecular complexity index is 420. The lowest BCUT2D eigenvalue weighted by Gasteiger charge is -2.34. The van der Waals surface area contributed by atoms with Crippen LogP contribution in [0.3, 0.4) is 0 Å². The summed E-state index contributed by atoms with van der Waals surface area (Å²) in [5.74, 6) is 0.684. The summed E-state index contributed by atoms with van der Waals surface area (Å²) in [6.07, 6.45) is -0.0536. The molecule has 1 aromatic heterocycles. The number of tetrazole rings is 1. The van der Waals surface area contributed by atoms with Crippen LogP contribution in [0, 0.1) is 0 Å². The number of nitrogens with zero attached hydrogens (tertiary/aromatic N) is 6. The lowest BCUT2D eigenvalue weighted by Crippen LogP contribution is -2.45. The van der Waals surface area contributed by atoms with Crippen molar-refractivity contribution in [1.29, 1.82) is 0 Å². The zero-order valence-electron chi connectivity index (χ0n) is 11.9. The van der Waals surface area contributed by atoms with Crippen LogP contribution in [0.25, 0.3) is 0 Å². The van der Waals surface area contributed by atoms with Gasteiger partial charge in [-0.05, 0) is 5.21 Å². The third-order valence-corrected chi connectivity index (χ3v) is 3.80. The molecule has 1 unspecified atom stereocenters. The summed E-state index contributed by atoms with van der Waals surface area (Å²) < 4.78 is 11.1. The van der Waals surface area contributed by atoms with Crippen molar-refractivity contribution in [2.45, 2.75) is 6.10 Å². The lowest BCUT2D eigenvalue weighted by molar-refractivity contribution is -0.0396. The van der Waals surface area contributed by atoms with E-state index in [9.17, 15) is 0 Å². The quantitative estimate of drug-likeness (QED) is 0.695. The van der Waals surface area contributed by atoms with Crippen LogP contribution in [0.2, 0.25) is 0 Å². The van der Waals surface area contributed by atoms with Gasteiger partial charge in [0.25, 0.3) is 0 Å². The molecule has 8 nitrogen and oxygen atoms in total. The van der Waals surface area contributed by atoms with Gasteiger partial charge in [0.1, 0.15) is 6.10 Å². The molecule has 2 aliphatic rings. The highest BCUT2D eigenvalue weighted by Gasteiger charge is 2.25. The molecule has 2 saturated heterocycles. The van der Waals surface area contributed by atoms with Crippen molar-refractivity contribution < 1.29 is 9.47 Å². The van der Waals surface area contributed by atoms with Gasteiger partial charge in [-0.25, -0.2) is 0 Å². The molecule has 0 bridgehead atoms. The fourth-order valence-corrected chi connectivity index (χ4v) is 2.60. The van der Waals surface area contributed by atoms with Gasteiger partial charge in [-0.1, -0.05) is 0 Å². The third kappa shape index (κ3) is 3.51. The number of rotatable bonds is 4. The number of aromatic nitrogens is 4. The van der Waals surface area contributed by atoms with Gasteiger partial charge >= 0.3 is 0 Å². The summed E-state index contributed by atoms with van der Waals surface area (Å²) in [6.45, 7) is 8.48. The van der Waals surface area contributed by atoms with Gasteiger partial charge < -0.3 is 9.47 Å². The van der Waals surface area contributed by atoms with Crippen molar-refractivity contribution >= 4 is 0 Å². The molecular weight excluding hydrogens is 260 g/mol. The largest absolute Gasteiger partial charge is 0.379 e. The fraction of sp³-hybridized carbons (Fsp3) is 0.917. The van der Waals surface area contributed by atoms with Crippen LogP contribution in [-0.4, -0.2) is 89.1 Å². The standard InChI is InChI=1S/C12H22N6O2/c1-16-14-12(13-15-16)11-10-18(6-9-20-11)3-2-17-4-7-19-8-5-17/h11H,2-10H2,1H3. The van der Waals surface area contributed by atoms with E-state index in [2.05, 4.69) is 25.2 Å². The summed E-state index contributed by atoms with van der Waals surface area (Å²) in [5, 5.41) is 12.2. The Morgan fingerprint density at radius 1 is 1.10 bits per heavy atom. The molecule has 0 aromatic carbocycles. The number of hydrogen-bond acceptors (Lipinski definition) is 7. The van der Waals surface area contributed by atoms with Crippen LogP contribution in [-0.2, 0) is 16.5 Å². The van der Waals surface area contributed by atoms with E-state index in [0.29, 0.717) is 5.82 Å². The van der Waals surface area contributed by atoms with E-state index >= 15 is 0 Å². The van der Waals surface area contributed by atoms with Crippen molar-refractivity contribution in [3.05, 3.63) is 5.82 Å². The normalized spacial score (nSPS) is 25.9. The Labute approximate surface area is 118 Å². The van der Waals surface area contributed by atoms with Crippen LogP contribution in [0.4, 0.5) is 0 Å². The van der Waals surface area contributed by atoms with E-state index in [-0.39, 0.29) is 6.10 Å². The topological polar surface area (TPSA) is 68.5 Å². The van der Waals surface area contributed by atoms with Gasteiger partial charge in [0.05, 0.1) is 26.9 Å². The van der Waals surface area contributed by atoms with Gasteiger partial charge in [0, 0.05) is 39.3 Å². The average Bonchev–Trinajstić information content (AvgIpc) is 2.93. The molecule has 0 radical (unpaired) electrons. The zero-order valence-corrected chi connectivity index (χ0v) is 11.9. The zero-order chi connectivity index (χ0) is 13.8. The highest BCUT2D eigenvalue weighted by atomic mass is 16.5. The highest BCUT2D eigenvalue weighted by Crippen LogP contribution is 2.18. The molecular formula is C12H22N6O2. The molecule has 2 fully saturated rings. The first-order valence-corrected chi connectivity index (χ1v) is 7.19. The summed E-state index contributed by atoms with van der Waals surface area (Å²) >= 11 is 0. The van der Waals surface area contributed by atoms with Crippen LogP contribution >= 0.6 is 0 Å². The van der Waals surface area contributed by atoms with E-state index in [1.807, 2.05) is 0 Å².